The van der Waals surface area contributed by atoms with Crippen molar-refractivity contribution in [1.29, 1.82) is 0 Å². The van der Waals surface area contributed by atoms with Crippen molar-refractivity contribution in [2.75, 3.05) is 6.54 Å². The molecule has 5 nitrogen and oxygen atoms in total. The lowest BCUT2D eigenvalue weighted by atomic mass is 10.1. The summed E-state index contributed by atoms with van der Waals surface area (Å²) in [4.78, 5) is 12.0. The van der Waals surface area contributed by atoms with Gasteiger partial charge in [0, 0.05) is 18.5 Å². The van der Waals surface area contributed by atoms with Crippen molar-refractivity contribution >= 4 is 5.91 Å². The molecule has 2 aromatic heterocycles. The monoisotopic (exact) mass is 281 g/mol. The summed E-state index contributed by atoms with van der Waals surface area (Å²) in [5.74, 6) is 0.682. The first-order chi connectivity index (χ1) is 10.3. The molecule has 3 rings (SSSR count). The van der Waals surface area contributed by atoms with E-state index in [0.717, 1.165) is 17.0 Å². The molecule has 0 saturated carbocycles. The average molecular weight is 281 g/mol. The molecular formula is C16H15N3O2. The lowest BCUT2D eigenvalue weighted by molar-refractivity contribution is 0.0948. The molecule has 1 aromatic carbocycles. The maximum atomic E-state index is 12.0. The normalized spacial score (nSPS) is 10.5. The number of furan rings is 1. The number of rotatable bonds is 5. The second-order valence-corrected chi connectivity index (χ2v) is 4.62. The summed E-state index contributed by atoms with van der Waals surface area (Å²) in [6.45, 7) is 0.520. The second-order valence-electron chi connectivity index (χ2n) is 4.62. The number of benzene rings is 1. The number of nitrogens with zero attached hydrogens (tertiary/aromatic N) is 1. The zero-order valence-electron chi connectivity index (χ0n) is 11.4. The molecular weight excluding hydrogens is 266 g/mol. The van der Waals surface area contributed by atoms with Gasteiger partial charge in [0.15, 0.2) is 0 Å². The van der Waals surface area contributed by atoms with E-state index in [9.17, 15) is 4.79 Å². The lowest BCUT2D eigenvalue weighted by Gasteiger charge is -2.01. The fourth-order valence-corrected chi connectivity index (χ4v) is 2.04. The number of nitrogens with one attached hydrogen (secondary N) is 2. The highest BCUT2D eigenvalue weighted by Crippen LogP contribution is 2.16. The molecule has 1 amide bonds. The van der Waals surface area contributed by atoms with Crippen molar-refractivity contribution in [3.63, 3.8) is 0 Å². The van der Waals surface area contributed by atoms with E-state index in [1.54, 1.807) is 12.3 Å². The Morgan fingerprint density at radius 1 is 1.19 bits per heavy atom. The van der Waals surface area contributed by atoms with Gasteiger partial charge in [0.05, 0.1) is 12.0 Å². The smallest absolute Gasteiger partial charge is 0.269 e. The molecule has 0 aliphatic heterocycles. The van der Waals surface area contributed by atoms with Gasteiger partial charge in [0.2, 0.25) is 0 Å². The van der Waals surface area contributed by atoms with Gasteiger partial charge in [-0.15, -0.1) is 0 Å². The average Bonchev–Trinajstić information content (AvgIpc) is 3.20. The summed E-state index contributed by atoms with van der Waals surface area (Å²) in [5, 5.41) is 9.76. The molecule has 0 saturated heterocycles. The van der Waals surface area contributed by atoms with Crippen molar-refractivity contribution in [2.24, 2.45) is 0 Å². The molecule has 0 fully saturated rings. The fourth-order valence-electron chi connectivity index (χ4n) is 2.04. The minimum atomic E-state index is -0.170. The van der Waals surface area contributed by atoms with E-state index >= 15 is 0 Å². The number of hydrogen-bond acceptors (Lipinski definition) is 3. The second kappa shape index (κ2) is 6.09. The van der Waals surface area contributed by atoms with Crippen LogP contribution in [0.4, 0.5) is 0 Å². The predicted molar refractivity (Wildman–Crippen MR) is 78.8 cm³/mol. The summed E-state index contributed by atoms with van der Waals surface area (Å²) < 4.78 is 5.21. The van der Waals surface area contributed by atoms with Gasteiger partial charge in [-0.25, -0.2) is 0 Å². The van der Waals surface area contributed by atoms with Crippen LogP contribution in [0.2, 0.25) is 0 Å². The molecule has 0 bridgehead atoms. The Bertz CT molecular complexity index is 702. The number of aromatic nitrogens is 2. The van der Waals surface area contributed by atoms with Gasteiger partial charge in [-0.2, -0.15) is 5.10 Å². The zero-order chi connectivity index (χ0) is 14.5. The minimum absolute atomic E-state index is 0.170. The molecule has 0 aliphatic rings. The highest BCUT2D eigenvalue weighted by atomic mass is 16.3. The van der Waals surface area contributed by atoms with Gasteiger partial charge >= 0.3 is 0 Å². The summed E-state index contributed by atoms with van der Waals surface area (Å²) in [6.07, 6.45) is 2.29. The van der Waals surface area contributed by atoms with Crippen LogP contribution in [0.15, 0.2) is 59.2 Å². The van der Waals surface area contributed by atoms with Gasteiger partial charge in [0.25, 0.3) is 5.91 Å². The summed E-state index contributed by atoms with van der Waals surface area (Å²) >= 11 is 0. The Morgan fingerprint density at radius 3 is 2.81 bits per heavy atom. The van der Waals surface area contributed by atoms with Crippen LogP contribution in [0.25, 0.3) is 11.3 Å². The summed E-state index contributed by atoms with van der Waals surface area (Å²) in [6, 6.07) is 15.2. The standard InChI is InChI=1S/C16H15N3O2/c20-16(17-9-8-13-7-4-10-21-13)15-11-14(18-19-15)12-5-2-1-3-6-12/h1-7,10-11H,8-9H2,(H,17,20)(H,18,19). The molecule has 5 heteroatoms. The highest BCUT2D eigenvalue weighted by molar-refractivity contribution is 5.93. The van der Waals surface area contributed by atoms with E-state index in [0.29, 0.717) is 18.7 Å². The SMILES string of the molecule is O=C(NCCc1ccco1)c1cc(-c2ccccc2)n[nH]1. The molecule has 0 unspecified atom stereocenters. The van der Waals surface area contributed by atoms with Crippen molar-refractivity contribution in [1.82, 2.24) is 15.5 Å². The van der Waals surface area contributed by atoms with Gasteiger partial charge in [0.1, 0.15) is 11.5 Å². The third-order valence-corrected chi connectivity index (χ3v) is 3.13. The molecule has 0 aliphatic carbocycles. The van der Waals surface area contributed by atoms with E-state index in [-0.39, 0.29) is 5.91 Å². The molecule has 0 atom stereocenters. The number of H-pyrrole nitrogens is 1. The van der Waals surface area contributed by atoms with E-state index in [4.69, 9.17) is 4.42 Å². The van der Waals surface area contributed by atoms with E-state index < -0.39 is 0 Å². The Morgan fingerprint density at radius 2 is 2.05 bits per heavy atom. The first-order valence-electron chi connectivity index (χ1n) is 6.74. The first-order valence-corrected chi connectivity index (χ1v) is 6.74. The van der Waals surface area contributed by atoms with Gasteiger partial charge in [-0.1, -0.05) is 30.3 Å². The largest absolute Gasteiger partial charge is 0.469 e. The van der Waals surface area contributed by atoms with E-state index in [2.05, 4.69) is 15.5 Å². The number of carbonyl (C=O) groups is 1. The van der Waals surface area contributed by atoms with Crippen LogP contribution in [0.1, 0.15) is 16.2 Å². The highest BCUT2D eigenvalue weighted by Gasteiger charge is 2.10. The summed E-state index contributed by atoms with van der Waals surface area (Å²) in [5.41, 5.74) is 2.18. The number of hydrogen-bond donors (Lipinski definition) is 2. The van der Waals surface area contributed by atoms with Crippen LogP contribution in [-0.2, 0) is 6.42 Å². The molecule has 3 aromatic rings. The number of carbonyl (C=O) groups excluding carboxylic acids is 1. The molecule has 106 valence electrons. The number of amides is 1. The Kier molecular flexibility index (Phi) is 3.82. The van der Waals surface area contributed by atoms with Crippen LogP contribution in [0, 0.1) is 0 Å². The van der Waals surface area contributed by atoms with E-state index in [1.165, 1.54) is 0 Å². The van der Waals surface area contributed by atoms with Crippen LogP contribution < -0.4 is 5.32 Å². The molecule has 0 spiro atoms. The van der Waals surface area contributed by atoms with Crippen molar-refractivity contribution in [3.05, 3.63) is 66.2 Å². The molecule has 2 N–H and O–H groups in total. The Labute approximate surface area is 122 Å². The van der Waals surface area contributed by atoms with Crippen LogP contribution in [0.5, 0.6) is 0 Å². The first kappa shape index (κ1) is 13.2. The third-order valence-electron chi connectivity index (χ3n) is 3.13. The maximum absolute atomic E-state index is 12.0. The van der Waals surface area contributed by atoms with Gasteiger partial charge in [-0.3, -0.25) is 9.89 Å². The van der Waals surface area contributed by atoms with E-state index in [1.807, 2.05) is 42.5 Å². The van der Waals surface area contributed by atoms with Crippen LogP contribution in [0.3, 0.4) is 0 Å². The quantitative estimate of drug-likeness (QED) is 0.755. The third kappa shape index (κ3) is 3.20. The zero-order valence-corrected chi connectivity index (χ0v) is 11.4. The molecule has 2 heterocycles. The predicted octanol–water partition coefficient (Wildman–Crippen LogP) is 2.64. The molecule has 0 radical (unpaired) electrons. The maximum Gasteiger partial charge on any atom is 0.269 e. The summed E-state index contributed by atoms with van der Waals surface area (Å²) in [7, 11) is 0. The van der Waals surface area contributed by atoms with Gasteiger partial charge < -0.3 is 9.73 Å². The lowest BCUT2D eigenvalue weighted by Crippen LogP contribution is -2.25. The number of aromatic amines is 1. The van der Waals surface area contributed by atoms with Crippen molar-refractivity contribution in [2.45, 2.75) is 6.42 Å². The minimum Gasteiger partial charge on any atom is -0.469 e. The Balaban J connectivity index is 1.59. The van der Waals surface area contributed by atoms with Crippen molar-refractivity contribution < 1.29 is 9.21 Å². The molecule has 21 heavy (non-hydrogen) atoms. The van der Waals surface area contributed by atoms with Crippen molar-refractivity contribution in [3.8, 4) is 11.3 Å². The Hall–Kier alpha value is -2.82. The fraction of sp³-hybridized carbons (Fsp3) is 0.125. The van der Waals surface area contributed by atoms with Crippen LogP contribution >= 0.6 is 0 Å². The van der Waals surface area contributed by atoms with Crippen LogP contribution in [-0.4, -0.2) is 22.6 Å². The topological polar surface area (TPSA) is 70.9 Å². The van der Waals surface area contributed by atoms with Gasteiger partial charge in [-0.05, 0) is 18.2 Å².